The molecule has 0 radical (unpaired) electrons. The molecule has 5 atom stereocenters. The highest BCUT2D eigenvalue weighted by Crippen LogP contribution is 2.56. The number of anilines is 1. The van der Waals surface area contributed by atoms with Gasteiger partial charge in [-0.2, -0.15) is 0 Å². The minimum absolute atomic E-state index is 0.279. The van der Waals surface area contributed by atoms with Gasteiger partial charge in [0.05, 0.1) is 24.0 Å². The number of pyridine rings is 1. The van der Waals surface area contributed by atoms with E-state index in [1.165, 1.54) is 7.11 Å². The van der Waals surface area contributed by atoms with Crippen LogP contribution in [0, 0.1) is 17.8 Å². The number of H-pyrrole nitrogens is 1. The fourth-order valence-electron chi connectivity index (χ4n) is 5.87. The van der Waals surface area contributed by atoms with Crippen LogP contribution in [0.15, 0.2) is 18.5 Å². The number of hydroxylamine groups is 1. The molecule has 1 amide bonds. The van der Waals surface area contributed by atoms with Gasteiger partial charge in [-0.3, -0.25) is 9.63 Å². The summed E-state index contributed by atoms with van der Waals surface area (Å²) in [6, 6.07) is 2.22. The number of carbonyl (C=O) groups is 1. The molecule has 4 bridgehead atoms. The van der Waals surface area contributed by atoms with E-state index in [1.54, 1.807) is 6.20 Å². The number of aromatic amines is 1. The number of nitrogens with zero attached hydrogens (tertiary/aromatic N) is 1. The Kier molecular flexibility index (Phi) is 3.52. The maximum absolute atomic E-state index is 12.5. The second-order valence-electron chi connectivity index (χ2n) is 8.29. The van der Waals surface area contributed by atoms with Gasteiger partial charge in [0.15, 0.2) is 0 Å². The Morgan fingerprint density at radius 2 is 2.12 bits per heavy atom. The molecule has 4 aliphatic rings. The van der Waals surface area contributed by atoms with Crippen molar-refractivity contribution in [2.45, 2.75) is 43.7 Å². The highest BCUT2D eigenvalue weighted by Gasteiger charge is 2.54. The van der Waals surface area contributed by atoms with Crippen molar-refractivity contribution in [3.8, 4) is 0 Å². The van der Waals surface area contributed by atoms with Gasteiger partial charge in [-0.15, -0.1) is 0 Å². The van der Waals surface area contributed by atoms with E-state index >= 15 is 0 Å². The van der Waals surface area contributed by atoms with Crippen molar-refractivity contribution in [3.05, 3.63) is 24.0 Å². The van der Waals surface area contributed by atoms with Gasteiger partial charge >= 0.3 is 0 Å². The third kappa shape index (κ3) is 2.41. The molecule has 4 N–H and O–H groups in total. The normalized spacial score (nSPS) is 35.0. The first kappa shape index (κ1) is 16.1. The summed E-state index contributed by atoms with van der Waals surface area (Å²) in [5.41, 5.74) is 3.97. The van der Waals surface area contributed by atoms with Crippen molar-refractivity contribution in [1.29, 1.82) is 0 Å². The zero-order valence-electron chi connectivity index (χ0n) is 14.8. The lowest BCUT2D eigenvalue weighted by Gasteiger charge is -2.58. The zero-order valence-corrected chi connectivity index (χ0v) is 14.8. The first-order chi connectivity index (χ1) is 12.6. The Balaban J connectivity index is 1.52. The molecular formula is C19H24N4O3. The monoisotopic (exact) mass is 356 g/mol. The fraction of sp³-hybridized carbons (Fsp3) is 0.579. The molecule has 7 nitrogen and oxygen atoms in total. The summed E-state index contributed by atoms with van der Waals surface area (Å²) in [6.45, 7) is 0. The fourth-order valence-corrected chi connectivity index (χ4v) is 5.87. The van der Waals surface area contributed by atoms with Crippen LogP contribution >= 0.6 is 0 Å². The Morgan fingerprint density at radius 1 is 1.35 bits per heavy atom. The minimum Gasteiger partial charge on any atom is -0.390 e. The predicted octanol–water partition coefficient (Wildman–Crippen LogP) is 2.21. The van der Waals surface area contributed by atoms with Crippen LogP contribution in [0.5, 0.6) is 0 Å². The van der Waals surface area contributed by atoms with Crippen LogP contribution in [0.2, 0.25) is 0 Å². The van der Waals surface area contributed by atoms with Crippen LogP contribution in [0.1, 0.15) is 42.5 Å². The first-order valence-corrected chi connectivity index (χ1v) is 9.35. The van der Waals surface area contributed by atoms with Crippen LogP contribution < -0.4 is 10.8 Å². The van der Waals surface area contributed by atoms with Gasteiger partial charge in [0, 0.05) is 23.8 Å². The van der Waals surface area contributed by atoms with Gasteiger partial charge in [-0.05, 0) is 55.9 Å². The van der Waals surface area contributed by atoms with Crippen molar-refractivity contribution < 1.29 is 14.7 Å². The highest BCUT2D eigenvalue weighted by atomic mass is 16.6. The van der Waals surface area contributed by atoms with Crippen molar-refractivity contribution in [3.63, 3.8) is 0 Å². The number of aromatic nitrogens is 2. The summed E-state index contributed by atoms with van der Waals surface area (Å²) < 4.78 is 0. The quantitative estimate of drug-likeness (QED) is 0.630. The molecule has 0 spiro atoms. The van der Waals surface area contributed by atoms with E-state index < -0.39 is 5.60 Å². The van der Waals surface area contributed by atoms with Crippen LogP contribution in [0.4, 0.5) is 5.69 Å². The minimum atomic E-state index is -0.466. The molecule has 6 rings (SSSR count). The molecule has 0 aliphatic heterocycles. The second-order valence-corrected chi connectivity index (χ2v) is 8.29. The number of hydrogen-bond donors (Lipinski definition) is 4. The molecule has 2 aromatic heterocycles. The van der Waals surface area contributed by atoms with Crippen LogP contribution in [-0.4, -0.2) is 39.7 Å². The standard InChI is InChI=1S/C19H24N4O3/c1-26-23-18(24)14-9-21-17-13(2-3-20-17)16(14)22-15-11-4-10-5-12(15)8-19(25,6-10)7-11/h2-3,9-12,15,25H,4-8H2,1H3,(H,23,24)(H2,20,21,22)/t10?,11-,12+,15?,19?. The third-order valence-corrected chi connectivity index (χ3v) is 6.58. The molecular weight excluding hydrogens is 332 g/mol. The summed E-state index contributed by atoms with van der Waals surface area (Å²) in [5, 5.41) is 15.4. The molecule has 4 saturated carbocycles. The maximum Gasteiger partial charge on any atom is 0.278 e. The Morgan fingerprint density at radius 3 is 2.81 bits per heavy atom. The molecule has 2 heterocycles. The number of nitrogens with one attached hydrogen (secondary N) is 3. The van der Waals surface area contributed by atoms with Crippen molar-refractivity contribution in [1.82, 2.24) is 15.4 Å². The first-order valence-electron chi connectivity index (χ1n) is 9.35. The van der Waals surface area contributed by atoms with Crippen LogP contribution in [-0.2, 0) is 4.84 Å². The summed E-state index contributed by atoms with van der Waals surface area (Å²) in [7, 11) is 1.42. The Labute approximate surface area is 151 Å². The van der Waals surface area contributed by atoms with Gasteiger partial charge in [-0.25, -0.2) is 10.5 Å². The molecule has 2 aromatic rings. The number of hydrogen-bond acceptors (Lipinski definition) is 5. The molecule has 3 unspecified atom stereocenters. The smallest absolute Gasteiger partial charge is 0.278 e. The van der Waals surface area contributed by atoms with E-state index in [0.29, 0.717) is 23.3 Å². The Bertz CT molecular complexity index is 848. The van der Waals surface area contributed by atoms with E-state index in [0.717, 1.165) is 48.8 Å². The van der Waals surface area contributed by atoms with Gasteiger partial charge in [0.25, 0.3) is 5.91 Å². The zero-order chi connectivity index (χ0) is 17.9. The second kappa shape index (κ2) is 5.69. The van der Waals surface area contributed by atoms with E-state index in [4.69, 9.17) is 4.84 Å². The topological polar surface area (TPSA) is 99.3 Å². The largest absolute Gasteiger partial charge is 0.390 e. The van der Waals surface area contributed by atoms with Gasteiger partial charge < -0.3 is 15.4 Å². The van der Waals surface area contributed by atoms with Crippen molar-refractivity contribution >= 4 is 22.6 Å². The van der Waals surface area contributed by atoms with E-state index in [9.17, 15) is 9.90 Å². The van der Waals surface area contributed by atoms with E-state index in [1.807, 2.05) is 12.3 Å². The summed E-state index contributed by atoms with van der Waals surface area (Å²) >= 11 is 0. The number of carbonyl (C=O) groups excluding carboxylic acids is 1. The van der Waals surface area contributed by atoms with E-state index in [-0.39, 0.29) is 11.9 Å². The van der Waals surface area contributed by atoms with E-state index in [2.05, 4.69) is 20.8 Å². The predicted molar refractivity (Wildman–Crippen MR) is 96.5 cm³/mol. The number of fused-ring (bicyclic) bond motifs is 1. The number of aliphatic hydroxyl groups is 1. The molecule has 0 aromatic carbocycles. The van der Waals surface area contributed by atoms with Crippen molar-refractivity contribution in [2.24, 2.45) is 17.8 Å². The number of amides is 1. The highest BCUT2D eigenvalue weighted by molar-refractivity contribution is 6.06. The average Bonchev–Trinajstić information content (AvgIpc) is 3.05. The summed E-state index contributed by atoms with van der Waals surface area (Å²) in [5.74, 6) is 1.24. The van der Waals surface area contributed by atoms with Gasteiger partial charge in [0.2, 0.25) is 0 Å². The lowest BCUT2D eigenvalue weighted by Crippen LogP contribution is -2.59. The van der Waals surface area contributed by atoms with Crippen LogP contribution in [0.25, 0.3) is 11.0 Å². The van der Waals surface area contributed by atoms with Crippen molar-refractivity contribution in [2.75, 3.05) is 12.4 Å². The third-order valence-electron chi connectivity index (χ3n) is 6.58. The lowest BCUT2D eigenvalue weighted by atomic mass is 9.52. The maximum atomic E-state index is 12.5. The molecule has 138 valence electrons. The summed E-state index contributed by atoms with van der Waals surface area (Å²) in [4.78, 5) is 24.7. The molecule has 0 saturated heterocycles. The van der Waals surface area contributed by atoms with Gasteiger partial charge in [0.1, 0.15) is 5.65 Å². The molecule has 26 heavy (non-hydrogen) atoms. The Hall–Kier alpha value is -2.12. The number of rotatable bonds is 4. The summed E-state index contributed by atoms with van der Waals surface area (Å²) in [6.07, 6.45) is 8.43. The SMILES string of the molecule is CONC(=O)c1cnc2[nH]ccc2c1NC1[C@@H]2CC3C[C@H]1CC(O)(C3)C2. The molecule has 4 fully saturated rings. The van der Waals surface area contributed by atoms with Crippen LogP contribution in [0.3, 0.4) is 0 Å². The average molecular weight is 356 g/mol. The molecule has 4 aliphatic carbocycles. The molecule has 7 heteroatoms. The lowest BCUT2D eigenvalue weighted by molar-refractivity contribution is -0.129. The van der Waals surface area contributed by atoms with Gasteiger partial charge in [-0.1, -0.05) is 0 Å².